The highest BCUT2D eigenvalue weighted by Gasteiger charge is 2.24. The van der Waals surface area contributed by atoms with Crippen LogP contribution >= 0.6 is 0 Å². The molecule has 0 spiro atoms. The molecule has 92 valence electrons. The summed E-state index contributed by atoms with van der Waals surface area (Å²) in [5, 5.41) is 7.53. The second kappa shape index (κ2) is 5.64. The summed E-state index contributed by atoms with van der Waals surface area (Å²) in [4.78, 5) is 2.49. The third kappa shape index (κ3) is 3.19. The first-order valence-electron chi connectivity index (χ1n) is 6.39. The SMILES string of the molecule is N=C(N)C1CCCN(CC2CCOCC2)C1. The maximum Gasteiger partial charge on any atom is 0.0949 e. The van der Waals surface area contributed by atoms with Gasteiger partial charge in [-0.05, 0) is 38.1 Å². The van der Waals surface area contributed by atoms with E-state index in [0.29, 0.717) is 11.8 Å². The Morgan fingerprint density at radius 3 is 2.75 bits per heavy atom. The van der Waals surface area contributed by atoms with Crippen LogP contribution in [0.25, 0.3) is 0 Å². The summed E-state index contributed by atoms with van der Waals surface area (Å²) in [6.07, 6.45) is 4.68. The zero-order chi connectivity index (χ0) is 11.4. The van der Waals surface area contributed by atoms with Crippen LogP contribution in [-0.4, -0.2) is 43.6 Å². The molecule has 0 saturated carbocycles. The van der Waals surface area contributed by atoms with Gasteiger partial charge in [-0.3, -0.25) is 5.41 Å². The van der Waals surface area contributed by atoms with E-state index in [1.165, 1.54) is 32.4 Å². The summed E-state index contributed by atoms with van der Waals surface area (Å²) in [5.41, 5.74) is 5.60. The predicted octanol–water partition coefficient (Wildman–Crippen LogP) is 1.06. The monoisotopic (exact) mass is 225 g/mol. The van der Waals surface area contributed by atoms with Crippen LogP contribution in [0, 0.1) is 17.2 Å². The number of nitrogens with zero attached hydrogens (tertiary/aromatic N) is 1. The minimum Gasteiger partial charge on any atom is -0.387 e. The van der Waals surface area contributed by atoms with E-state index >= 15 is 0 Å². The highest BCUT2D eigenvalue weighted by molar-refractivity contribution is 5.79. The molecule has 2 saturated heterocycles. The molecule has 2 fully saturated rings. The van der Waals surface area contributed by atoms with E-state index < -0.39 is 0 Å². The van der Waals surface area contributed by atoms with Crippen molar-refractivity contribution in [1.29, 1.82) is 5.41 Å². The van der Waals surface area contributed by atoms with Gasteiger partial charge in [-0.2, -0.15) is 0 Å². The summed E-state index contributed by atoms with van der Waals surface area (Å²) in [5.74, 6) is 1.46. The Kier molecular flexibility index (Phi) is 4.18. The van der Waals surface area contributed by atoms with Crippen molar-refractivity contribution in [3.63, 3.8) is 0 Å². The van der Waals surface area contributed by atoms with E-state index in [4.69, 9.17) is 15.9 Å². The molecular formula is C12H23N3O. The van der Waals surface area contributed by atoms with Gasteiger partial charge in [0, 0.05) is 32.2 Å². The molecule has 0 radical (unpaired) electrons. The molecule has 16 heavy (non-hydrogen) atoms. The number of nitrogens with one attached hydrogen (secondary N) is 1. The third-order valence-electron chi connectivity index (χ3n) is 3.80. The fraction of sp³-hybridized carbons (Fsp3) is 0.917. The molecule has 2 heterocycles. The Hall–Kier alpha value is -0.610. The number of nitrogens with two attached hydrogens (primary N) is 1. The molecule has 4 heteroatoms. The molecule has 4 nitrogen and oxygen atoms in total. The highest BCUT2D eigenvalue weighted by Crippen LogP contribution is 2.21. The van der Waals surface area contributed by atoms with E-state index in [1.54, 1.807) is 0 Å². The summed E-state index contributed by atoms with van der Waals surface area (Å²) < 4.78 is 5.38. The molecule has 2 aliphatic rings. The Morgan fingerprint density at radius 2 is 2.06 bits per heavy atom. The van der Waals surface area contributed by atoms with Crippen molar-refractivity contribution >= 4 is 5.84 Å². The van der Waals surface area contributed by atoms with E-state index in [9.17, 15) is 0 Å². The lowest BCUT2D eigenvalue weighted by molar-refractivity contribution is 0.0478. The van der Waals surface area contributed by atoms with Crippen molar-refractivity contribution in [1.82, 2.24) is 4.90 Å². The number of hydrogen-bond acceptors (Lipinski definition) is 3. The van der Waals surface area contributed by atoms with Gasteiger partial charge < -0.3 is 15.4 Å². The third-order valence-corrected chi connectivity index (χ3v) is 3.80. The first-order chi connectivity index (χ1) is 7.75. The quantitative estimate of drug-likeness (QED) is 0.557. The van der Waals surface area contributed by atoms with Crippen LogP contribution in [0.15, 0.2) is 0 Å². The van der Waals surface area contributed by atoms with Crippen LogP contribution in [0.2, 0.25) is 0 Å². The molecule has 2 aliphatic heterocycles. The zero-order valence-electron chi connectivity index (χ0n) is 9.95. The van der Waals surface area contributed by atoms with Crippen LogP contribution in [0.1, 0.15) is 25.7 Å². The Bertz CT molecular complexity index is 238. The van der Waals surface area contributed by atoms with Gasteiger partial charge in [0.25, 0.3) is 0 Å². The summed E-state index contributed by atoms with van der Waals surface area (Å²) in [6.45, 7) is 5.20. The van der Waals surface area contributed by atoms with Gasteiger partial charge >= 0.3 is 0 Å². The van der Waals surface area contributed by atoms with Gasteiger partial charge in [-0.25, -0.2) is 0 Å². The van der Waals surface area contributed by atoms with Crippen molar-refractivity contribution in [2.24, 2.45) is 17.6 Å². The van der Waals surface area contributed by atoms with Crippen LogP contribution in [0.4, 0.5) is 0 Å². The molecule has 0 amide bonds. The number of amidine groups is 1. The molecule has 0 bridgehead atoms. The summed E-state index contributed by atoms with van der Waals surface area (Å²) >= 11 is 0. The molecule has 0 aromatic heterocycles. The molecule has 1 atom stereocenters. The predicted molar refractivity (Wildman–Crippen MR) is 64.6 cm³/mol. The maximum atomic E-state index is 7.53. The van der Waals surface area contributed by atoms with Crippen molar-refractivity contribution in [2.45, 2.75) is 25.7 Å². The summed E-state index contributed by atoms with van der Waals surface area (Å²) in [6, 6.07) is 0. The maximum absolute atomic E-state index is 7.53. The minimum absolute atomic E-state index is 0.300. The second-order valence-corrected chi connectivity index (χ2v) is 5.11. The molecular weight excluding hydrogens is 202 g/mol. The Balaban J connectivity index is 1.78. The normalized spacial score (nSPS) is 29.1. The number of likely N-dealkylation sites (tertiary alicyclic amines) is 1. The fourth-order valence-corrected chi connectivity index (χ4v) is 2.77. The van der Waals surface area contributed by atoms with Crippen LogP contribution in [0.5, 0.6) is 0 Å². The van der Waals surface area contributed by atoms with Crippen molar-refractivity contribution < 1.29 is 4.74 Å². The van der Waals surface area contributed by atoms with E-state index in [1.807, 2.05) is 0 Å². The molecule has 0 aromatic rings. The van der Waals surface area contributed by atoms with Gasteiger partial charge in [-0.1, -0.05) is 0 Å². The zero-order valence-corrected chi connectivity index (χ0v) is 9.95. The van der Waals surface area contributed by atoms with Crippen LogP contribution in [-0.2, 0) is 4.74 Å². The molecule has 2 rings (SSSR count). The van der Waals surface area contributed by atoms with Crippen molar-refractivity contribution in [3.05, 3.63) is 0 Å². The smallest absolute Gasteiger partial charge is 0.0949 e. The van der Waals surface area contributed by atoms with E-state index in [0.717, 1.165) is 32.1 Å². The van der Waals surface area contributed by atoms with Crippen LogP contribution < -0.4 is 5.73 Å². The molecule has 1 unspecified atom stereocenters. The first-order valence-corrected chi connectivity index (χ1v) is 6.39. The van der Waals surface area contributed by atoms with Gasteiger partial charge in [0.15, 0.2) is 0 Å². The minimum atomic E-state index is 0.300. The van der Waals surface area contributed by atoms with E-state index in [2.05, 4.69) is 4.90 Å². The average Bonchev–Trinajstić information content (AvgIpc) is 2.30. The topological polar surface area (TPSA) is 62.3 Å². The fourth-order valence-electron chi connectivity index (χ4n) is 2.77. The van der Waals surface area contributed by atoms with Gasteiger partial charge in [0.2, 0.25) is 0 Å². The van der Waals surface area contributed by atoms with E-state index in [-0.39, 0.29) is 0 Å². The Labute approximate surface area is 97.6 Å². The van der Waals surface area contributed by atoms with Crippen molar-refractivity contribution in [3.8, 4) is 0 Å². The molecule has 0 aromatic carbocycles. The number of hydrogen-bond donors (Lipinski definition) is 2. The Morgan fingerprint density at radius 1 is 1.31 bits per heavy atom. The number of rotatable bonds is 3. The largest absolute Gasteiger partial charge is 0.387 e. The highest BCUT2D eigenvalue weighted by atomic mass is 16.5. The lowest BCUT2D eigenvalue weighted by Gasteiger charge is -2.35. The molecule has 0 aliphatic carbocycles. The van der Waals surface area contributed by atoms with Crippen LogP contribution in [0.3, 0.4) is 0 Å². The second-order valence-electron chi connectivity index (χ2n) is 5.11. The number of ether oxygens (including phenoxy) is 1. The van der Waals surface area contributed by atoms with Gasteiger partial charge in [-0.15, -0.1) is 0 Å². The standard InChI is InChI=1S/C12H23N3O/c13-12(14)11-2-1-5-15(9-11)8-10-3-6-16-7-4-10/h10-11H,1-9H2,(H3,13,14). The van der Waals surface area contributed by atoms with Gasteiger partial charge in [0.05, 0.1) is 5.84 Å². The lowest BCUT2D eigenvalue weighted by atomic mass is 9.94. The number of piperidine rings is 1. The average molecular weight is 225 g/mol. The van der Waals surface area contributed by atoms with Crippen molar-refractivity contribution in [2.75, 3.05) is 32.8 Å². The summed E-state index contributed by atoms with van der Waals surface area (Å²) in [7, 11) is 0. The van der Waals surface area contributed by atoms with Gasteiger partial charge in [0.1, 0.15) is 0 Å². The molecule has 3 N–H and O–H groups in total. The first kappa shape index (κ1) is 11.9. The lowest BCUT2D eigenvalue weighted by Crippen LogP contribution is -2.43.